The van der Waals surface area contributed by atoms with Crippen molar-refractivity contribution in [2.45, 2.75) is 51.7 Å². The first kappa shape index (κ1) is 15.4. The van der Waals surface area contributed by atoms with Gasteiger partial charge in [-0.05, 0) is 39.5 Å². The van der Waals surface area contributed by atoms with Gasteiger partial charge in [0.05, 0.1) is 11.7 Å². The lowest BCUT2D eigenvalue weighted by molar-refractivity contribution is -0.142. The minimum Gasteiger partial charge on any atom is -0.368 e. The summed E-state index contributed by atoms with van der Waals surface area (Å²) in [7, 11) is 0. The van der Waals surface area contributed by atoms with Gasteiger partial charge < -0.3 is 9.64 Å². The van der Waals surface area contributed by atoms with Gasteiger partial charge in [0.25, 0.3) is 11.5 Å². The summed E-state index contributed by atoms with van der Waals surface area (Å²) in [5.74, 6) is 0.0707. The van der Waals surface area contributed by atoms with Gasteiger partial charge in [0.15, 0.2) is 5.65 Å². The molecule has 0 unspecified atom stereocenters. The molecule has 0 spiro atoms. The van der Waals surface area contributed by atoms with Gasteiger partial charge in [0.2, 0.25) is 0 Å². The molecule has 1 N–H and O–H groups in total. The Labute approximate surface area is 139 Å². The number of amides is 1. The van der Waals surface area contributed by atoms with Crippen LogP contribution in [-0.4, -0.2) is 44.7 Å². The third kappa shape index (κ3) is 2.34. The maximum Gasteiger partial charge on any atom is 0.275 e. The highest BCUT2D eigenvalue weighted by atomic mass is 16.5. The largest absolute Gasteiger partial charge is 0.368 e. The van der Waals surface area contributed by atoms with Crippen LogP contribution in [-0.2, 0) is 9.53 Å². The fourth-order valence-corrected chi connectivity index (χ4v) is 3.72. The first-order valence-corrected chi connectivity index (χ1v) is 8.57. The molecule has 2 aliphatic heterocycles. The molecule has 2 aromatic rings. The van der Waals surface area contributed by atoms with Crippen molar-refractivity contribution in [2.24, 2.45) is 0 Å². The Kier molecular flexibility index (Phi) is 3.68. The number of H-pyrrole nitrogens is 1. The zero-order valence-corrected chi connectivity index (χ0v) is 14.0. The van der Waals surface area contributed by atoms with E-state index in [9.17, 15) is 9.59 Å². The van der Waals surface area contributed by atoms with E-state index in [1.165, 1.54) is 4.52 Å². The summed E-state index contributed by atoms with van der Waals surface area (Å²) in [6, 6.07) is 1.85. The average molecular weight is 330 g/mol. The molecular formula is C17H22N4O3. The number of carbonyl (C=O) groups is 1. The Balaban J connectivity index is 1.69. The lowest BCUT2D eigenvalue weighted by atomic mass is 10.1. The normalized spacial score (nSPS) is 24.2. The molecule has 0 aromatic carbocycles. The third-order valence-electron chi connectivity index (χ3n) is 5.20. The molecule has 0 bridgehead atoms. The average Bonchev–Trinajstić information content (AvgIpc) is 3.30. The Bertz CT molecular complexity index is 847. The van der Waals surface area contributed by atoms with Gasteiger partial charge in [0.1, 0.15) is 6.10 Å². The van der Waals surface area contributed by atoms with Crippen LogP contribution < -0.4 is 5.56 Å². The zero-order valence-electron chi connectivity index (χ0n) is 14.0. The van der Waals surface area contributed by atoms with Crippen LogP contribution >= 0.6 is 0 Å². The van der Waals surface area contributed by atoms with Crippen LogP contribution in [0.4, 0.5) is 0 Å². The molecule has 24 heavy (non-hydrogen) atoms. The number of aryl methyl sites for hydroxylation is 1. The summed E-state index contributed by atoms with van der Waals surface area (Å²) in [5, 5.41) is 3.16. The first-order valence-electron chi connectivity index (χ1n) is 8.57. The smallest absolute Gasteiger partial charge is 0.275 e. The van der Waals surface area contributed by atoms with Gasteiger partial charge in [-0.15, -0.1) is 0 Å². The van der Waals surface area contributed by atoms with Gasteiger partial charge in [-0.25, -0.2) is 9.50 Å². The Morgan fingerprint density at radius 2 is 2.17 bits per heavy atom. The molecule has 4 rings (SSSR count). The summed E-state index contributed by atoms with van der Waals surface area (Å²) in [5.41, 5.74) is 2.77. The van der Waals surface area contributed by atoms with E-state index < -0.39 is 0 Å². The van der Waals surface area contributed by atoms with Gasteiger partial charge in [-0.1, -0.05) is 0 Å². The highest BCUT2D eigenvalue weighted by Gasteiger charge is 2.36. The quantitative estimate of drug-likeness (QED) is 0.904. The van der Waals surface area contributed by atoms with Crippen LogP contribution in [0.5, 0.6) is 0 Å². The molecule has 2 aromatic heterocycles. The number of carbonyl (C=O) groups excluding carboxylic acids is 1. The van der Waals surface area contributed by atoms with Gasteiger partial charge >= 0.3 is 0 Å². The van der Waals surface area contributed by atoms with E-state index in [4.69, 9.17) is 4.74 Å². The fourth-order valence-electron chi connectivity index (χ4n) is 3.72. The molecule has 1 amide bonds. The van der Waals surface area contributed by atoms with Crippen molar-refractivity contribution in [1.29, 1.82) is 0 Å². The van der Waals surface area contributed by atoms with E-state index in [0.29, 0.717) is 17.8 Å². The molecule has 7 nitrogen and oxygen atoms in total. The van der Waals surface area contributed by atoms with Crippen molar-refractivity contribution < 1.29 is 9.53 Å². The van der Waals surface area contributed by atoms with Gasteiger partial charge in [0, 0.05) is 30.5 Å². The topological polar surface area (TPSA) is 79.7 Å². The molecule has 4 heterocycles. The number of aromatic amines is 1. The predicted molar refractivity (Wildman–Crippen MR) is 87.9 cm³/mol. The van der Waals surface area contributed by atoms with Gasteiger partial charge in [-0.3, -0.25) is 14.7 Å². The van der Waals surface area contributed by atoms with Crippen molar-refractivity contribution in [3.05, 3.63) is 33.4 Å². The number of aromatic nitrogens is 3. The number of rotatable bonds is 2. The molecule has 128 valence electrons. The maximum absolute atomic E-state index is 12.7. The van der Waals surface area contributed by atoms with E-state index in [1.807, 2.05) is 17.9 Å². The summed E-state index contributed by atoms with van der Waals surface area (Å²) in [4.78, 5) is 31.5. The second-order valence-corrected chi connectivity index (χ2v) is 6.72. The van der Waals surface area contributed by atoms with E-state index in [-0.39, 0.29) is 23.6 Å². The van der Waals surface area contributed by atoms with E-state index in [1.54, 1.807) is 6.92 Å². The van der Waals surface area contributed by atoms with Gasteiger partial charge in [-0.2, -0.15) is 0 Å². The Hall–Kier alpha value is -2.15. The van der Waals surface area contributed by atoms with E-state index >= 15 is 0 Å². The third-order valence-corrected chi connectivity index (χ3v) is 5.20. The number of fused-ring (bicyclic) bond motifs is 1. The molecule has 2 aliphatic rings. The molecule has 0 radical (unpaired) electrons. The predicted octanol–water partition coefficient (Wildman–Crippen LogP) is 1.48. The van der Waals surface area contributed by atoms with Crippen molar-refractivity contribution in [3.63, 3.8) is 0 Å². The van der Waals surface area contributed by atoms with Crippen molar-refractivity contribution in [1.82, 2.24) is 19.5 Å². The van der Waals surface area contributed by atoms with Crippen LogP contribution in [0.25, 0.3) is 5.65 Å². The maximum atomic E-state index is 12.7. The van der Waals surface area contributed by atoms with Crippen LogP contribution in [0, 0.1) is 13.8 Å². The molecule has 7 heteroatoms. The standard InChI is InChI=1S/C17H22N4O3/c1-10-11(2)18-15-9-12(19-21(15)16(10)22)13-5-3-7-20(13)17(23)14-6-4-8-24-14/h9,13-14,19H,3-8H2,1-2H3/t13-,14+/m0/s1. The lowest BCUT2D eigenvalue weighted by Gasteiger charge is -2.26. The van der Waals surface area contributed by atoms with E-state index in [0.717, 1.165) is 43.6 Å². The SMILES string of the molecule is Cc1nc2cc([C@@H]3CCCN3C(=O)[C@H]3CCCO3)[nH]n2c(=O)c1C. The first-order chi connectivity index (χ1) is 11.6. The van der Waals surface area contributed by atoms with Crippen LogP contribution in [0.2, 0.25) is 0 Å². The number of nitrogens with one attached hydrogen (secondary N) is 1. The highest BCUT2D eigenvalue weighted by molar-refractivity contribution is 5.82. The monoisotopic (exact) mass is 330 g/mol. The Morgan fingerprint density at radius 3 is 2.92 bits per heavy atom. The minimum absolute atomic E-state index is 0.0385. The molecule has 0 aliphatic carbocycles. The molecule has 2 atom stereocenters. The van der Waals surface area contributed by atoms with Crippen molar-refractivity contribution >= 4 is 11.6 Å². The summed E-state index contributed by atoms with van der Waals surface area (Å²) in [6.45, 7) is 5.02. The van der Waals surface area contributed by atoms with Crippen LogP contribution in [0.15, 0.2) is 10.9 Å². The second-order valence-electron chi connectivity index (χ2n) is 6.72. The number of ether oxygens (including phenoxy) is 1. The van der Waals surface area contributed by atoms with Crippen LogP contribution in [0.1, 0.15) is 48.7 Å². The molecule has 2 saturated heterocycles. The molecule has 0 saturated carbocycles. The fraction of sp³-hybridized carbons (Fsp3) is 0.588. The second kappa shape index (κ2) is 5.73. The molecular weight excluding hydrogens is 308 g/mol. The number of hydrogen-bond acceptors (Lipinski definition) is 4. The number of nitrogens with zero attached hydrogens (tertiary/aromatic N) is 3. The minimum atomic E-state index is -0.305. The number of likely N-dealkylation sites (tertiary alicyclic amines) is 1. The van der Waals surface area contributed by atoms with E-state index in [2.05, 4.69) is 10.1 Å². The Morgan fingerprint density at radius 1 is 1.33 bits per heavy atom. The zero-order chi connectivity index (χ0) is 16.8. The summed E-state index contributed by atoms with van der Waals surface area (Å²) < 4.78 is 7.03. The lowest BCUT2D eigenvalue weighted by Crippen LogP contribution is -2.38. The summed E-state index contributed by atoms with van der Waals surface area (Å²) in [6.07, 6.45) is 3.28. The number of hydrogen-bond donors (Lipinski definition) is 1. The highest BCUT2D eigenvalue weighted by Crippen LogP contribution is 2.33. The van der Waals surface area contributed by atoms with Crippen molar-refractivity contribution in [2.75, 3.05) is 13.2 Å². The van der Waals surface area contributed by atoms with Crippen LogP contribution in [0.3, 0.4) is 0 Å². The van der Waals surface area contributed by atoms with Crippen molar-refractivity contribution in [3.8, 4) is 0 Å². The molecule has 2 fully saturated rings. The summed E-state index contributed by atoms with van der Waals surface area (Å²) >= 11 is 0.